The monoisotopic (exact) mass is 549 g/mol. The number of rotatable bonds is 7. The molecule has 3 rings (SSSR count). The topological polar surface area (TPSA) is 112 Å². The molecular formula is C31H39N3O6. The minimum atomic E-state index is -0.876. The number of benzene rings is 2. The number of nitrogens with zero attached hydrogens (tertiary/aromatic N) is 3. The van der Waals surface area contributed by atoms with Crippen LogP contribution >= 0.6 is 0 Å². The van der Waals surface area contributed by atoms with E-state index in [1.54, 1.807) is 19.1 Å². The highest BCUT2D eigenvalue weighted by molar-refractivity contribution is 5.97. The van der Waals surface area contributed by atoms with Crippen molar-refractivity contribution in [2.45, 2.75) is 72.4 Å². The van der Waals surface area contributed by atoms with Crippen molar-refractivity contribution < 1.29 is 29.0 Å². The van der Waals surface area contributed by atoms with Crippen LogP contribution in [0.2, 0.25) is 0 Å². The van der Waals surface area contributed by atoms with Crippen LogP contribution in [0.3, 0.4) is 0 Å². The number of hydrogen-bond acceptors (Lipinski definition) is 6. The number of carbonyl (C=O) groups excluding carboxylic acids is 3. The van der Waals surface area contributed by atoms with Crippen molar-refractivity contribution in [2.24, 2.45) is 4.99 Å². The number of amides is 1. The van der Waals surface area contributed by atoms with Crippen molar-refractivity contribution in [1.29, 1.82) is 0 Å². The van der Waals surface area contributed by atoms with Gasteiger partial charge in [0.05, 0.1) is 26.8 Å². The largest absolute Gasteiger partial charge is 0.507 e. The molecule has 3 aromatic rings. The molecular weight excluding hydrogens is 510 g/mol. The zero-order valence-corrected chi connectivity index (χ0v) is 24.6. The van der Waals surface area contributed by atoms with E-state index in [1.165, 1.54) is 22.4 Å². The Bertz CT molecular complexity index is 1430. The lowest BCUT2D eigenvalue weighted by Gasteiger charge is -2.28. The number of imidazole rings is 1. The van der Waals surface area contributed by atoms with Crippen LogP contribution < -0.4 is 5.62 Å². The van der Waals surface area contributed by atoms with Crippen molar-refractivity contribution in [3.05, 3.63) is 82.2 Å². The van der Waals surface area contributed by atoms with E-state index in [1.807, 2.05) is 71.9 Å². The van der Waals surface area contributed by atoms with Gasteiger partial charge in [-0.2, -0.15) is 0 Å². The highest BCUT2D eigenvalue weighted by Gasteiger charge is 2.28. The van der Waals surface area contributed by atoms with Crippen molar-refractivity contribution >= 4 is 17.8 Å². The first-order valence-corrected chi connectivity index (χ1v) is 13.2. The molecule has 1 aromatic heterocycles. The number of carbonyl (C=O) groups is 3. The third kappa shape index (κ3) is 6.89. The molecule has 9 heteroatoms. The zero-order valence-electron chi connectivity index (χ0n) is 24.6. The maximum atomic E-state index is 13.8. The Balaban J connectivity index is 2.21. The van der Waals surface area contributed by atoms with Gasteiger partial charge in [-0.3, -0.25) is 9.36 Å². The van der Waals surface area contributed by atoms with E-state index in [0.29, 0.717) is 16.7 Å². The summed E-state index contributed by atoms with van der Waals surface area (Å²) in [6.07, 6.45) is 0.592. The predicted molar refractivity (Wildman–Crippen MR) is 152 cm³/mol. The summed E-state index contributed by atoms with van der Waals surface area (Å²) in [6, 6.07) is 12.8. The molecule has 1 N–H and O–H groups in total. The number of hydrogen-bond donors (Lipinski definition) is 1. The molecule has 0 spiro atoms. The number of aromatic hydroxyl groups is 1. The molecule has 0 aliphatic heterocycles. The number of esters is 1. The number of Topliss-reactive ketones (excluding diaryl/α,β-unsaturated/α-hetero) is 1. The van der Waals surface area contributed by atoms with E-state index in [0.717, 1.165) is 5.56 Å². The summed E-state index contributed by atoms with van der Waals surface area (Å²) < 4.78 is 13.0. The average molecular weight is 550 g/mol. The molecule has 40 heavy (non-hydrogen) atoms. The molecule has 1 amide bonds. The second-order valence-electron chi connectivity index (χ2n) is 11.7. The Hall–Kier alpha value is -4.14. The van der Waals surface area contributed by atoms with Crippen LogP contribution in [-0.2, 0) is 33.4 Å². The summed E-state index contributed by atoms with van der Waals surface area (Å²) in [5, 5.41) is 11.1. The van der Waals surface area contributed by atoms with Crippen LogP contribution in [-0.4, -0.2) is 45.8 Å². The quantitative estimate of drug-likeness (QED) is 0.313. The first-order chi connectivity index (χ1) is 18.7. The lowest BCUT2D eigenvalue weighted by molar-refractivity contribution is 0.0513. The summed E-state index contributed by atoms with van der Waals surface area (Å²) in [6.45, 7) is 13.7. The standard InChI is InChI=1S/C31H39N3O6/c1-9-40-27(37)24-18-33(28(32-29(38)39-8)34(24)17-20-13-11-10-12-14-20)19-25(35)21-15-22(30(2,3)4)26(36)23(16-21)31(5,6)7/h10-16,18,36H,9,17,19H2,1-8H3/b32-28-. The number of methoxy groups -OCH3 is 1. The van der Waals surface area contributed by atoms with Gasteiger partial charge in [0.25, 0.3) is 0 Å². The maximum Gasteiger partial charge on any atom is 0.436 e. The number of phenols is 1. The van der Waals surface area contributed by atoms with Crippen molar-refractivity contribution in [2.75, 3.05) is 13.7 Å². The van der Waals surface area contributed by atoms with E-state index in [4.69, 9.17) is 9.47 Å². The van der Waals surface area contributed by atoms with E-state index in [-0.39, 0.29) is 42.5 Å². The minimum absolute atomic E-state index is 0.0676. The summed E-state index contributed by atoms with van der Waals surface area (Å²) in [5.74, 6) is -0.723. The summed E-state index contributed by atoms with van der Waals surface area (Å²) in [5.41, 5.74) is 1.92. The SMILES string of the molecule is CCOC(=O)c1cn(CC(=O)c2cc(C(C)(C)C)c(O)c(C(C)(C)C)c2)/c(=N/C(=O)OC)n1Cc1ccccc1. The summed E-state index contributed by atoms with van der Waals surface area (Å²) in [4.78, 5) is 43.1. The lowest BCUT2D eigenvalue weighted by Crippen LogP contribution is -2.31. The first-order valence-electron chi connectivity index (χ1n) is 13.2. The van der Waals surface area contributed by atoms with Crippen LogP contribution in [0.5, 0.6) is 5.75 Å². The fourth-order valence-corrected chi connectivity index (χ4v) is 4.38. The van der Waals surface area contributed by atoms with Crippen LogP contribution in [0.4, 0.5) is 4.79 Å². The molecule has 0 saturated carbocycles. The van der Waals surface area contributed by atoms with E-state index >= 15 is 0 Å². The molecule has 0 saturated heterocycles. The Morgan fingerprint density at radius 2 is 1.52 bits per heavy atom. The summed E-state index contributed by atoms with van der Waals surface area (Å²) in [7, 11) is 1.20. The van der Waals surface area contributed by atoms with E-state index in [9.17, 15) is 19.5 Å². The molecule has 0 unspecified atom stereocenters. The number of ether oxygens (including phenoxy) is 2. The molecule has 1 heterocycles. The predicted octanol–water partition coefficient (Wildman–Crippen LogP) is 5.37. The normalized spacial score (nSPS) is 12.3. The fourth-order valence-electron chi connectivity index (χ4n) is 4.38. The van der Waals surface area contributed by atoms with Gasteiger partial charge in [0, 0.05) is 22.9 Å². The van der Waals surface area contributed by atoms with Gasteiger partial charge in [0.1, 0.15) is 11.4 Å². The maximum absolute atomic E-state index is 13.8. The smallest absolute Gasteiger partial charge is 0.436 e. The van der Waals surface area contributed by atoms with E-state index in [2.05, 4.69) is 4.99 Å². The fraction of sp³-hybridized carbons (Fsp3) is 0.419. The highest BCUT2D eigenvalue weighted by atomic mass is 16.5. The van der Waals surface area contributed by atoms with Crippen molar-refractivity contribution in [3.63, 3.8) is 0 Å². The van der Waals surface area contributed by atoms with Gasteiger partial charge in [-0.25, -0.2) is 9.59 Å². The third-order valence-corrected chi connectivity index (χ3v) is 6.46. The van der Waals surface area contributed by atoms with Crippen molar-refractivity contribution in [1.82, 2.24) is 9.13 Å². The van der Waals surface area contributed by atoms with E-state index < -0.39 is 22.9 Å². The van der Waals surface area contributed by atoms with Gasteiger partial charge in [0.2, 0.25) is 5.62 Å². The average Bonchev–Trinajstić information content (AvgIpc) is 3.19. The molecule has 0 fully saturated rings. The molecule has 0 radical (unpaired) electrons. The van der Waals surface area contributed by atoms with Crippen LogP contribution in [0.25, 0.3) is 0 Å². The minimum Gasteiger partial charge on any atom is -0.507 e. The molecule has 0 atom stereocenters. The van der Waals surface area contributed by atoms with Gasteiger partial charge < -0.3 is 19.1 Å². The molecule has 0 aliphatic carbocycles. The van der Waals surface area contributed by atoms with Crippen LogP contribution in [0.1, 0.15) is 86.0 Å². The summed E-state index contributed by atoms with van der Waals surface area (Å²) >= 11 is 0. The number of ketones is 1. The van der Waals surface area contributed by atoms with Gasteiger partial charge in [-0.05, 0) is 35.4 Å². The van der Waals surface area contributed by atoms with Gasteiger partial charge in [-0.1, -0.05) is 71.9 Å². The second-order valence-corrected chi connectivity index (χ2v) is 11.7. The van der Waals surface area contributed by atoms with Crippen LogP contribution in [0.15, 0.2) is 53.7 Å². The van der Waals surface area contributed by atoms with Gasteiger partial charge in [0.15, 0.2) is 5.78 Å². The molecule has 0 bridgehead atoms. The Kier molecular flexibility index (Phi) is 9.07. The van der Waals surface area contributed by atoms with Crippen molar-refractivity contribution in [3.8, 4) is 5.75 Å². The third-order valence-electron chi connectivity index (χ3n) is 6.46. The first kappa shape index (κ1) is 30.4. The molecule has 9 nitrogen and oxygen atoms in total. The Morgan fingerprint density at radius 1 is 0.950 bits per heavy atom. The lowest BCUT2D eigenvalue weighted by atomic mass is 9.78. The number of aromatic nitrogens is 2. The Labute approximate surface area is 235 Å². The van der Waals surface area contributed by atoms with Gasteiger partial charge in [-0.15, -0.1) is 4.99 Å². The number of phenolic OH excluding ortho intramolecular Hbond substituents is 1. The molecule has 214 valence electrons. The zero-order chi connectivity index (χ0) is 29.8. The second kappa shape index (κ2) is 11.9. The molecule has 0 aliphatic rings. The van der Waals surface area contributed by atoms with Gasteiger partial charge >= 0.3 is 12.1 Å². The highest BCUT2D eigenvalue weighted by Crippen LogP contribution is 2.39. The molecule has 2 aromatic carbocycles. The van der Waals surface area contributed by atoms with Crippen LogP contribution in [0, 0.1) is 0 Å². The Morgan fingerprint density at radius 3 is 2.02 bits per heavy atom.